The van der Waals surface area contributed by atoms with E-state index in [9.17, 15) is 4.79 Å². The van der Waals surface area contributed by atoms with Crippen molar-refractivity contribution in [2.45, 2.75) is 59.4 Å². The Balaban J connectivity index is 2.84. The summed E-state index contributed by atoms with van der Waals surface area (Å²) in [7, 11) is -2.66. The quantitative estimate of drug-likeness (QED) is 0.543. The van der Waals surface area contributed by atoms with Crippen molar-refractivity contribution >= 4 is 14.6 Å². The van der Waals surface area contributed by atoms with Gasteiger partial charge in [0.25, 0.3) is 0 Å². The maximum Gasteiger partial charge on any atom is 0.501 e. The van der Waals surface area contributed by atoms with E-state index in [-0.39, 0.29) is 5.78 Å². The Kier molecular flexibility index (Phi) is 8.93. The fourth-order valence-electron chi connectivity index (χ4n) is 2.66. The van der Waals surface area contributed by atoms with Crippen molar-refractivity contribution in [1.29, 1.82) is 0 Å². The van der Waals surface area contributed by atoms with Crippen molar-refractivity contribution in [2.75, 3.05) is 26.4 Å². The standard InChI is InChI=1S/C16H30O5Si/c1-5-15(17)16-14(10-9-12-18-16)11-13-22(19-6-2,20-7-3)21-8-4/h5-13H2,1-4H3. The molecule has 0 radical (unpaired) electrons. The molecule has 128 valence electrons. The van der Waals surface area contributed by atoms with Gasteiger partial charge in [-0.1, -0.05) is 6.92 Å². The molecule has 0 aromatic rings. The maximum atomic E-state index is 12.0. The van der Waals surface area contributed by atoms with Gasteiger partial charge in [-0.2, -0.15) is 0 Å². The van der Waals surface area contributed by atoms with E-state index in [1.807, 2.05) is 27.7 Å². The van der Waals surface area contributed by atoms with Gasteiger partial charge >= 0.3 is 8.80 Å². The second-order valence-corrected chi connectivity index (χ2v) is 7.88. The van der Waals surface area contributed by atoms with Crippen molar-refractivity contribution in [2.24, 2.45) is 0 Å². The lowest BCUT2D eigenvalue weighted by Crippen LogP contribution is -2.46. The van der Waals surface area contributed by atoms with Crippen molar-refractivity contribution in [3.63, 3.8) is 0 Å². The summed E-state index contributed by atoms with van der Waals surface area (Å²) in [5.74, 6) is 0.660. The van der Waals surface area contributed by atoms with Crippen LogP contribution in [0, 0.1) is 0 Å². The number of carbonyl (C=O) groups excluding carboxylic acids is 1. The Morgan fingerprint density at radius 1 is 1.09 bits per heavy atom. The van der Waals surface area contributed by atoms with Gasteiger partial charge in [-0.3, -0.25) is 4.79 Å². The molecule has 0 unspecified atom stereocenters. The topological polar surface area (TPSA) is 54.0 Å². The lowest BCUT2D eigenvalue weighted by molar-refractivity contribution is -0.119. The lowest BCUT2D eigenvalue weighted by Gasteiger charge is -2.29. The van der Waals surface area contributed by atoms with Crippen LogP contribution in [0.4, 0.5) is 0 Å². The van der Waals surface area contributed by atoms with Gasteiger partial charge in [-0.25, -0.2) is 0 Å². The molecule has 0 spiro atoms. The van der Waals surface area contributed by atoms with E-state index in [0.29, 0.717) is 44.7 Å². The Labute approximate surface area is 135 Å². The predicted molar refractivity (Wildman–Crippen MR) is 87.6 cm³/mol. The molecular weight excluding hydrogens is 300 g/mol. The zero-order chi connectivity index (χ0) is 16.4. The van der Waals surface area contributed by atoms with E-state index in [4.69, 9.17) is 18.0 Å². The Morgan fingerprint density at radius 2 is 1.68 bits per heavy atom. The first-order valence-corrected chi connectivity index (χ1v) is 10.3. The van der Waals surface area contributed by atoms with Crippen molar-refractivity contribution in [3.05, 3.63) is 11.3 Å². The first-order chi connectivity index (χ1) is 10.6. The van der Waals surface area contributed by atoms with Crippen LogP contribution < -0.4 is 0 Å². The number of ether oxygens (including phenoxy) is 1. The van der Waals surface area contributed by atoms with E-state index >= 15 is 0 Å². The van der Waals surface area contributed by atoms with Crippen LogP contribution in [0.5, 0.6) is 0 Å². The molecule has 1 heterocycles. The number of ketones is 1. The molecule has 0 atom stereocenters. The molecule has 1 aliphatic heterocycles. The van der Waals surface area contributed by atoms with Crippen LogP contribution in [0.15, 0.2) is 11.3 Å². The molecule has 1 aliphatic rings. The molecule has 5 nitrogen and oxygen atoms in total. The lowest BCUT2D eigenvalue weighted by atomic mass is 10.0. The third kappa shape index (κ3) is 5.50. The molecule has 0 fully saturated rings. The second kappa shape index (κ2) is 10.2. The molecule has 0 saturated carbocycles. The number of carbonyl (C=O) groups is 1. The van der Waals surface area contributed by atoms with Gasteiger partial charge in [0.1, 0.15) is 0 Å². The van der Waals surface area contributed by atoms with Crippen LogP contribution in [0.25, 0.3) is 0 Å². The highest BCUT2D eigenvalue weighted by Crippen LogP contribution is 2.29. The molecular formula is C16H30O5Si. The normalized spacial score (nSPS) is 15.8. The molecule has 6 heteroatoms. The molecule has 0 aromatic heterocycles. The SMILES string of the molecule is CCO[Si](CCC1=C(C(=O)CC)OCCC1)(OCC)OCC. The average molecular weight is 330 g/mol. The van der Waals surface area contributed by atoms with Crippen LogP contribution in [0.3, 0.4) is 0 Å². The highest BCUT2D eigenvalue weighted by molar-refractivity contribution is 6.60. The van der Waals surface area contributed by atoms with Gasteiger partial charge in [0.05, 0.1) is 6.61 Å². The Morgan fingerprint density at radius 3 is 2.18 bits per heavy atom. The van der Waals surface area contributed by atoms with E-state index in [0.717, 1.165) is 24.8 Å². The number of hydrogen-bond acceptors (Lipinski definition) is 5. The molecule has 0 bridgehead atoms. The minimum absolute atomic E-state index is 0.0891. The predicted octanol–water partition coefficient (Wildman–Crippen LogP) is 3.47. The summed E-state index contributed by atoms with van der Waals surface area (Å²) in [5.41, 5.74) is 1.09. The molecule has 1 rings (SSSR count). The summed E-state index contributed by atoms with van der Waals surface area (Å²) in [4.78, 5) is 12.0. The van der Waals surface area contributed by atoms with E-state index in [2.05, 4.69) is 0 Å². The zero-order valence-electron chi connectivity index (χ0n) is 14.4. The summed E-state index contributed by atoms with van der Waals surface area (Å²) in [6, 6.07) is 0.696. The van der Waals surface area contributed by atoms with Crippen LogP contribution in [0.1, 0.15) is 53.4 Å². The number of rotatable bonds is 11. The third-order valence-corrected chi connectivity index (χ3v) is 6.64. The summed E-state index contributed by atoms with van der Waals surface area (Å²) < 4.78 is 23.2. The highest BCUT2D eigenvalue weighted by Gasteiger charge is 2.40. The van der Waals surface area contributed by atoms with Crippen LogP contribution in [-0.4, -0.2) is 41.0 Å². The highest BCUT2D eigenvalue weighted by atomic mass is 28.4. The number of hydrogen-bond donors (Lipinski definition) is 0. The van der Waals surface area contributed by atoms with Crippen LogP contribution in [0.2, 0.25) is 6.04 Å². The molecule has 0 amide bonds. The monoisotopic (exact) mass is 330 g/mol. The van der Waals surface area contributed by atoms with Crippen molar-refractivity contribution < 1.29 is 22.8 Å². The van der Waals surface area contributed by atoms with E-state index in [1.165, 1.54) is 0 Å². The first-order valence-electron chi connectivity index (χ1n) is 8.42. The van der Waals surface area contributed by atoms with Gasteiger partial charge < -0.3 is 18.0 Å². The minimum Gasteiger partial charge on any atom is -0.490 e. The molecule has 0 aromatic carbocycles. The van der Waals surface area contributed by atoms with Crippen LogP contribution >= 0.6 is 0 Å². The molecule has 22 heavy (non-hydrogen) atoms. The summed E-state index contributed by atoms with van der Waals surface area (Å²) in [5, 5.41) is 0. The largest absolute Gasteiger partial charge is 0.501 e. The third-order valence-electron chi connectivity index (χ3n) is 3.59. The smallest absolute Gasteiger partial charge is 0.490 e. The number of allylic oxidation sites excluding steroid dienone is 2. The van der Waals surface area contributed by atoms with Gasteiger partial charge in [0.2, 0.25) is 0 Å². The second-order valence-electron chi connectivity index (χ2n) is 5.14. The van der Waals surface area contributed by atoms with Crippen molar-refractivity contribution in [3.8, 4) is 0 Å². The van der Waals surface area contributed by atoms with Gasteiger partial charge in [0, 0.05) is 32.3 Å². The Bertz CT molecular complexity index is 364. The average Bonchev–Trinajstić information content (AvgIpc) is 2.53. The molecule has 0 aliphatic carbocycles. The fraction of sp³-hybridized carbons (Fsp3) is 0.812. The summed E-state index contributed by atoms with van der Waals surface area (Å²) >= 11 is 0. The van der Waals surface area contributed by atoms with E-state index < -0.39 is 8.80 Å². The van der Waals surface area contributed by atoms with Gasteiger partial charge in [-0.15, -0.1) is 0 Å². The zero-order valence-corrected chi connectivity index (χ0v) is 15.4. The summed E-state index contributed by atoms with van der Waals surface area (Å²) in [6.07, 6.45) is 3.09. The first kappa shape index (κ1) is 19.4. The fourth-order valence-corrected chi connectivity index (χ4v) is 5.27. The van der Waals surface area contributed by atoms with Crippen LogP contribution in [-0.2, 0) is 22.8 Å². The van der Waals surface area contributed by atoms with Gasteiger partial charge in [0.15, 0.2) is 11.5 Å². The number of Topliss-reactive ketones (excluding diaryl/α,β-unsaturated/α-hetero) is 1. The maximum absolute atomic E-state index is 12.0. The Hall–Kier alpha value is -0.693. The molecule has 0 saturated heterocycles. The molecule has 0 N–H and O–H groups in total. The van der Waals surface area contributed by atoms with Gasteiger partial charge in [-0.05, 0) is 45.6 Å². The minimum atomic E-state index is -2.66. The summed E-state index contributed by atoms with van der Waals surface area (Å²) in [6.45, 7) is 10.1. The van der Waals surface area contributed by atoms with E-state index in [1.54, 1.807) is 0 Å². The van der Waals surface area contributed by atoms with Crippen molar-refractivity contribution in [1.82, 2.24) is 0 Å².